The number of carbonyl (C=O) groups excluding carboxylic acids is 4. The van der Waals surface area contributed by atoms with Gasteiger partial charge in [0.25, 0.3) is 5.91 Å². The molecule has 1 N–H and O–H groups in total. The van der Waals surface area contributed by atoms with Crippen LogP contribution in [0.15, 0.2) is 42.5 Å². The topological polar surface area (TPSA) is 92.8 Å². The number of rotatable bonds is 5. The zero-order valence-corrected chi connectivity index (χ0v) is 19.4. The monoisotopic (exact) mass is 488 g/mol. The molecule has 33 heavy (non-hydrogen) atoms. The second kappa shape index (κ2) is 9.53. The van der Waals surface area contributed by atoms with Crippen LogP contribution in [0.4, 0.5) is 11.4 Å². The number of hydrogen-bond donors (Lipinski definition) is 1. The normalized spacial score (nSPS) is 22.2. The van der Waals surface area contributed by atoms with Crippen LogP contribution in [0.2, 0.25) is 10.0 Å². The highest BCUT2D eigenvalue weighted by molar-refractivity contribution is 6.44. The highest BCUT2D eigenvalue weighted by Gasteiger charge is 2.50. The minimum absolute atomic E-state index is 0.130. The van der Waals surface area contributed by atoms with Crippen molar-refractivity contribution >= 4 is 58.3 Å². The van der Waals surface area contributed by atoms with E-state index in [0.717, 1.165) is 6.42 Å². The Balaban J connectivity index is 1.42. The van der Waals surface area contributed by atoms with Gasteiger partial charge >= 0.3 is 5.97 Å². The molecule has 4 rings (SSSR count). The average molecular weight is 489 g/mol. The second-order valence-corrected chi connectivity index (χ2v) is 9.20. The Labute approximate surface area is 201 Å². The van der Waals surface area contributed by atoms with Crippen molar-refractivity contribution in [2.45, 2.75) is 26.2 Å². The maximum atomic E-state index is 12.9. The Morgan fingerprint density at radius 2 is 1.79 bits per heavy atom. The van der Waals surface area contributed by atoms with E-state index in [1.54, 1.807) is 30.3 Å². The van der Waals surface area contributed by atoms with Gasteiger partial charge in [0.05, 0.1) is 38.8 Å². The molecule has 7 nitrogen and oxygen atoms in total. The lowest BCUT2D eigenvalue weighted by atomic mass is 9.76. The van der Waals surface area contributed by atoms with Crippen LogP contribution in [0.1, 0.15) is 36.5 Å². The third-order valence-electron chi connectivity index (χ3n) is 6.09. The van der Waals surface area contributed by atoms with Gasteiger partial charge in [-0.2, -0.15) is 0 Å². The Morgan fingerprint density at radius 3 is 2.58 bits per heavy atom. The van der Waals surface area contributed by atoms with Gasteiger partial charge < -0.3 is 10.1 Å². The van der Waals surface area contributed by atoms with Gasteiger partial charge in [-0.15, -0.1) is 0 Å². The SMILES string of the molecule is C[C@@H]1CC[C@@H]2C(=O)N(c3cccc(C(=O)OCC(=O)Nc4cccc(Cl)c4Cl)c3)C(=O)[C@H]2C1. The largest absolute Gasteiger partial charge is 0.452 e. The Bertz CT molecular complexity index is 1140. The molecule has 2 fully saturated rings. The third-order valence-corrected chi connectivity index (χ3v) is 6.91. The fraction of sp³-hybridized carbons (Fsp3) is 0.333. The number of esters is 1. The molecule has 1 aliphatic heterocycles. The maximum Gasteiger partial charge on any atom is 0.338 e. The lowest BCUT2D eigenvalue weighted by Gasteiger charge is -2.25. The summed E-state index contributed by atoms with van der Waals surface area (Å²) in [6.45, 7) is 1.54. The van der Waals surface area contributed by atoms with Crippen molar-refractivity contribution in [3.8, 4) is 0 Å². The van der Waals surface area contributed by atoms with Gasteiger partial charge in [0.15, 0.2) is 6.61 Å². The smallest absolute Gasteiger partial charge is 0.338 e. The van der Waals surface area contributed by atoms with E-state index in [0.29, 0.717) is 30.1 Å². The van der Waals surface area contributed by atoms with Crippen LogP contribution in [-0.4, -0.2) is 30.3 Å². The first-order valence-electron chi connectivity index (χ1n) is 10.6. The number of halogens is 2. The number of benzene rings is 2. The van der Waals surface area contributed by atoms with Crippen LogP contribution < -0.4 is 10.2 Å². The number of ether oxygens (including phenoxy) is 1. The molecule has 172 valence electrons. The number of amides is 3. The lowest BCUT2D eigenvalue weighted by Crippen LogP contribution is -2.31. The molecule has 3 atom stereocenters. The molecule has 1 saturated carbocycles. The van der Waals surface area contributed by atoms with E-state index in [-0.39, 0.29) is 39.3 Å². The van der Waals surface area contributed by atoms with Crippen molar-refractivity contribution in [2.24, 2.45) is 17.8 Å². The van der Waals surface area contributed by atoms with E-state index in [1.165, 1.54) is 17.0 Å². The summed E-state index contributed by atoms with van der Waals surface area (Å²) in [5.74, 6) is -2.00. The Hall–Kier alpha value is -2.90. The quantitative estimate of drug-likeness (QED) is 0.485. The van der Waals surface area contributed by atoms with Gasteiger partial charge in [0, 0.05) is 0 Å². The molecule has 1 saturated heterocycles. The summed E-state index contributed by atoms with van der Waals surface area (Å²) in [5.41, 5.74) is 0.760. The van der Waals surface area contributed by atoms with Crippen LogP contribution >= 0.6 is 23.2 Å². The molecule has 2 aromatic rings. The lowest BCUT2D eigenvalue weighted by molar-refractivity contribution is -0.122. The summed E-state index contributed by atoms with van der Waals surface area (Å²) in [6, 6.07) is 10.9. The molecule has 1 heterocycles. The molecule has 2 aromatic carbocycles. The summed E-state index contributed by atoms with van der Waals surface area (Å²) in [4.78, 5) is 51.7. The first-order chi connectivity index (χ1) is 15.8. The number of hydrogen-bond acceptors (Lipinski definition) is 5. The number of carbonyl (C=O) groups is 4. The molecular weight excluding hydrogens is 467 g/mol. The third kappa shape index (κ3) is 4.75. The number of nitrogens with one attached hydrogen (secondary N) is 1. The van der Waals surface area contributed by atoms with Crippen molar-refractivity contribution in [2.75, 3.05) is 16.8 Å². The van der Waals surface area contributed by atoms with Crippen molar-refractivity contribution in [1.82, 2.24) is 0 Å². The zero-order chi connectivity index (χ0) is 23.7. The van der Waals surface area contributed by atoms with Gasteiger partial charge in [0.1, 0.15) is 0 Å². The van der Waals surface area contributed by atoms with Crippen LogP contribution in [0.5, 0.6) is 0 Å². The van der Waals surface area contributed by atoms with Gasteiger partial charge in [-0.25, -0.2) is 4.79 Å². The van der Waals surface area contributed by atoms with Crippen LogP contribution in [0.25, 0.3) is 0 Å². The minimum Gasteiger partial charge on any atom is -0.452 e. The summed E-state index contributed by atoms with van der Waals surface area (Å²) in [6.07, 6.45) is 2.31. The molecule has 1 aliphatic carbocycles. The zero-order valence-electron chi connectivity index (χ0n) is 17.8. The van der Waals surface area contributed by atoms with Gasteiger partial charge in [0.2, 0.25) is 11.8 Å². The van der Waals surface area contributed by atoms with E-state index in [2.05, 4.69) is 12.2 Å². The highest BCUT2D eigenvalue weighted by Crippen LogP contribution is 2.42. The average Bonchev–Trinajstić information content (AvgIpc) is 3.04. The van der Waals surface area contributed by atoms with Gasteiger partial charge in [-0.3, -0.25) is 19.3 Å². The van der Waals surface area contributed by atoms with E-state index < -0.39 is 18.5 Å². The predicted molar refractivity (Wildman–Crippen MR) is 124 cm³/mol. The van der Waals surface area contributed by atoms with E-state index in [9.17, 15) is 19.2 Å². The van der Waals surface area contributed by atoms with E-state index in [4.69, 9.17) is 27.9 Å². The molecule has 0 bridgehead atoms. The van der Waals surface area contributed by atoms with Crippen molar-refractivity contribution < 1.29 is 23.9 Å². The number of nitrogens with zero attached hydrogens (tertiary/aromatic N) is 1. The van der Waals surface area contributed by atoms with E-state index in [1.807, 2.05) is 0 Å². The van der Waals surface area contributed by atoms with Crippen LogP contribution in [-0.2, 0) is 19.1 Å². The molecule has 3 amide bonds. The Morgan fingerprint density at radius 1 is 1.06 bits per heavy atom. The molecule has 9 heteroatoms. The standard InChI is InChI=1S/C24H22Cl2N2O5/c1-13-8-9-16-17(10-13)23(31)28(22(16)30)15-5-2-4-14(11-15)24(32)33-12-20(29)27-19-7-3-6-18(25)21(19)26/h2-7,11,13,16-17H,8-10,12H2,1H3,(H,27,29)/t13-,16+,17+/m1/s1. The Kier molecular flexibility index (Phi) is 6.72. The summed E-state index contributed by atoms with van der Waals surface area (Å²) in [5, 5.41) is 2.99. The molecule has 0 unspecified atom stereocenters. The fourth-order valence-electron chi connectivity index (χ4n) is 4.42. The number of fused-ring (bicyclic) bond motifs is 1. The molecule has 0 radical (unpaired) electrons. The summed E-state index contributed by atoms with van der Waals surface area (Å²) in [7, 11) is 0. The van der Waals surface area contributed by atoms with Crippen LogP contribution in [0, 0.1) is 17.8 Å². The maximum absolute atomic E-state index is 12.9. The minimum atomic E-state index is -0.755. The molecule has 0 aromatic heterocycles. The van der Waals surface area contributed by atoms with Crippen molar-refractivity contribution in [3.05, 3.63) is 58.1 Å². The van der Waals surface area contributed by atoms with E-state index >= 15 is 0 Å². The first-order valence-corrected chi connectivity index (χ1v) is 11.4. The number of anilines is 2. The van der Waals surface area contributed by atoms with Gasteiger partial charge in [-0.1, -0.05) is 42.3 Å². The second-order valence-electron chi connectivity index (χ2n) is 8.42. The summed E-state index contributed by atoms with van der Waals surface area (Å²) >= 11 is 12.0. The number of imide groups is 1. The summed E-state index contributed by atoms with van der Waals surface area (Å²) < 4.78 is 5.10. The molecule has 0 spiro atoms. The highest BCUT2D eigenvalue weighted by atomic mass is 35.5. The van der Waals surface area contributed by atoms with Crippen molar-refractivity contribution in [3.63, 3.8) is 0 Å². The fourth-order valence-corrected chi connectivity index (χ4v) is 4.76. The molecular formula is C24H22Cl2N2O5. The predicted octanol–water partition coefficient (Wildman–Crippen LogP) is 4.71. The van der Waals surface area contributed by atoms with Crippen molar-refractivity contribution in [1.29, 1.82) is 0 Å². The first kappa shape index (κ1) is 23.3. The molecule has 2 aliphatic rings. The van der Waals surface area contributed by atoms with Crippen LogP contribution in [0.3, 0.4) is 0 Å². The van der Waals surface area contributed by atoms with Gasteiger partial charge in [-0.05, 0) is 55.5 Å².